The van der Waals surface area contributed by atoms with Gasteiger partial charge in [-0.25, -0.2) is 5.43 Å². The van der Waals surface area contributed by atoms with E-state index in [1.807, 2.05) is 30.3 Å². The predicted molar refractivity (Wildman–Crippen MR) is 79.0 cm³/mol. The van der Waals surface area contributed by atoms with Gasteiger partial charge in [-0.1, -0.05) is 18.2 Å². The molecule has 0 fully saturated rings. The van der Waals surface area contributed by atoms with Crippen LogP contribution in [0.1, 0.15) is 19.3 Å². The number of para-hydroxylation sites is 1. The zero-order valence-electron chi connectivity index (χ0n) is 12.0. The Labute approximate surface area is 123 Å². The molecular weight excluding hydrogens is 270 g/mol. The third kappa shape index (κ3) is 4.59. The van der Waals surface area contributed by atoms with E-state index in [0.717, 1.165) is 12.2 Å². The number of hydrogen-bond donors (Lipinski definition) is 1. The summed E-state index contributed by atoms with van der Waals surface area (Å²) in [7, 11) is 1.73. The molecule has 2 amide bonds. The fourth-order valence-corrected chi connectivity index (χ4v) is 1.96. The molecule has 0 atom stereocenters. The van der Waals surface area contributed by atoms with Crippen molar-refractivity contribution in [2.24, 2.45) is 5.10 Å². The molecule has 6 nitrogen and oxygen atoms in total. The second-order valence-electron chi connectivity index (χ2n) is 4.84. The topological polar surface area (TPSA) is 71.0 Å². The lowest BCUT2D eigenvalue weighted by Crippen LogP contribution is -2.38. The lowest BCUT2D eigenvalue weighted by atomic mass is 10.1. The van der Waals surface area contributed by atoms with Gasteiger partial charge in [0.05, 0.1) is 6.61 Å². The zero-order valence-corrected chi connectivity index (χ0v) is 12.0. The Morgan fingerprint density at radius 3 is 2.76 bits per heavy atom. The molecule has 1 aromatic carbocycles. The van der Waals surface area contributed by atoms with Gasteiger partial charge in [0.2, 0.25) is 5.91 Å². The number of nitrogens with one attached hydrogen (secondary N) is 1. The van der Waals surface area contributed by atoms with E-state index in [0.29, 0.717) is 31.7 Å². The number of rotatable bonds is 6. The van der Waals surface area contributed by atoms with Gasteiger partial charge in [0.1, 0.15) is 11.5 Å². The second-order valence-corrected chi connectivity index (χ2v) is 4.84. The van der Waals surface area contributed by atoms with E-state index >= 15 is 0 Å². The summed E-state index contributed by atoms with van der Waals surface area (Å²) >= 11 is 0. The average molecular weight is 289 g/mol. The van der Waals surface area contributed by atoms with E-state index in [1.165, 1.54) is 0 Å². The highest BCUT2D eigenvalue weighted by atomic mass is 16.5. The molecule has 1 N–H and O–H groups in total. The third-order valence-corrected chi connectivity index (χ3v) is 3.15. The van der Waals surface area contributed by atoms with E-state index in [2.05, 4.69) is 10.5 Å². The number of ether oxygens (including phenoxy) is 1. The summed E-state index contributed by atoms with van der Waals surface area (Å²) in [5, 5.41) is 3.80. The van der Waals surface area contributed by atoms with Gasteiger partial charge in [0, 0.05) is 26.4 Å². The summed E-state index contributed by atoms with van der Waals surface area (Å²) in [6.45, 7) is 1.13. The highest BCUT2D eigenvalue weighted by Gasteiger charge is 2.20. The minimum Gasteiger partial charge on any atom is -0.494 e. The molecule has 0 unspecified atom stereocenters. The van der Waals surface area contributed by atoms with Crippen LogP contribution >= 0.6 is 0 Å². The maximum atomic E-state index is 12.1. The molecule has 0 saturated heterocycles. The first-order chi connectivity index (χ1) is 10.2. The molecule has 112 valence electrons. The van der Waals surface area contributed by atoms with Gasteiger partial charge in [0.15, 0.2) is 0 Å². The number of amides is 2. The normalized spacial score (nSPS) is 14.1. The van der Waals surface area contributed by atoms with Crippen molar-refractivity contribution >= 4 is 17.5 Å². The fraction of sp³-hybridized carbons (Fsp3) is 0.400. The standard InChI is InChI=1S/C15H19N3O3/c1-18(15(20)13-8-9-14(19)17-16-13)10-5-11-21-12-6-3-2-4-7-12/h2-4,6-7H,5,8-11H2,1H3,(H,17,19). The van der Waals surface area contributed by atoms with Crippen molar-refractivity contribution in [1.82, 2.24) is 10.3 Å². The molecule has 1 aromatic rings. The Kier molecular flexibility index (Phi) is 5.31. The van der Waals surface area contributed by atoms with Gasteiger partial charge in [-0.3, -0.25) is 9.59 Å². The molecule has 0 bridgehead atoms. The number of carbonyl (C=O) groups excluding carboxylic acids is 2. The molecule has 21 heavy (non-hydrogen) atoms. The first-order valence-electron chi connectivity index (χ1n) is 6.95. The predicted octanol–water partition coefficient (Wildman–Crippen LogP) is 1.18. The Morgan fingerprint density at radius 1 is 1.33 bits per heavy atom. The molecule has 6 heteroatoms. The summed E-state index contributed by atoms with van der Waals surface area (Å²) in [6, 6.07) is 9.56. The summed E-state index contributed by atoms with van der Waals surface area (Å²) in [5.74, 6) is 0.533. The number of nitrogens with zero attached hydrogens (tertiary/aromatic N) is 2. The summed E-state index contributed by atoms with van der Waals surface area (Å²) in [4.78, 5) is 24.7. The van der Waals surface area contributed by atoms with E-state index in [4.69, 9.17) is 4.74 Å². The van der Waals surface area contributed by atoms with Gasteiger partial charge < -0.3 is 9.64 Å². The van der Waals surface area contributed by atoms with Crippen LogP contribution in [0.2, 0.25) is 0 Å². The lowest BCUT2D eigenvalue weighted by Gasteiger charge is -2.19. The number of hydrazone groups is 1. The van der Waals surface area contributed by atoms with E-state index in [9.17, 15) is 9.59 Å². The summed E-state index contributed by atoms with van der Waals surface area (Å²) < 4.78 is 5.57. The van der Waals surface area contributed by atoms with Crippen LogP contribution in [0, 0.1) is 0 Å². The van der Waals surface area contributed by atoms with Crippen LogP contribution in [0.15, 0.2) is 35.4 Å². The van der Waals surface area contributed by atoms with Gasteiger partial charge in [-0.2, -0.15) is 5.10 Å². The van der Waals surface area contributed by atoms with Crippen molar-refractivity contribution in [2.75, 3.05) is 20.2 Å². The van der Waals surface area contributed by atoms with Crippen LogP contribution in [0.25, 0.3) is 0 Å². The van der Waals surface area contributed by atoms with Crippen molar-refractivity contribution in [3.63, 3.8) is 0 Å². The summed E-state index contributed by atoms with van der Waals surface area (Å²) in [5.41, 5.74) is 2.74. The van der Waals surface area contributed by atoms with Crippen LogP contribution in [0.3, 0.4) is 0 Å². The van der Waals surface area contributed by atoms with Gasteiger partial charge in [-0.05, 0) is 18.6 Å². The second kappa shape index (κ2) is 7.42. The Bertz CT molecular complexity index is 528. The highest BCUT2D eigenvalue weighted by Crippen LogP contribution is 2.08. The Morgan fingerprint density at radius 2 is 2.10 bits per heavy atom. The minimum absolute atomic E-state index is 0.144. The molecule has 0 aromatic heterocycles. The first kappa shape index (κ1) is 15.0. The summed E-state index contributed by atoms with van der Waals surface area (Å²) in [6.07, 6.45) is 1.45. The van der Waals surface area contributed by atoms with Crippen molar-refractivity contribution in [2.45, 2.75) is 19.3 Å². The molecule has 1 aliphatic heterocycles. The van der Waals surface area contributed by atoms with E-state index < -0.39 is 0 Å². The minimum atomic E-state index is -0.148. The Hall–Kier alpha value is -2.37. The maximum Gasteiger partial charge on any atom is 0.269 e. The molecular formula is C15H19N3O3. The van der Waals surface area contributed by atoms with Gasteiger partial charge in [0.25, 0.3) is 5.91 Å². The smallest absolute Gasteiger partial charge is 0.269 e. The van der Waals surface area contributed by atoms with Gasteiger partial charge >= 0.3 is 0 Å². The first-order valence-corrected chi connectivity index (χ1v) is 6.95. The molecule has 2 rings (SSSR count). The number of benzene rings is 1. The van der Waals surface area contributed by atoms with E-state index in [-0.39, 0.29) is 11.8 Å². The molecule has 0 radical (unpaired) electrons. The molecule has 1 heterocycles. The molecule has 0 aliphatic carbocycles. The highest BCUT2D eigenvalue weighted by molar-refractivity contribution is 6.39. The zero-order chi connectivity index (χ0) is 15.1. The van der Waals surface area contributed by atoms with Crippen molar-refractivity contribution in [3.05, 3.63) is 30.3 Å². The molecule has 0 spiro atoms. The van der Waals surface area contributed by atoms with Crippen molar-refractivity contribution in [1.29, 1.82) is 0 Å². The molecule has 0 saturated carbocycles. The fourth-order valence-electron chi connectivity index (χ4n) is 1.96. The lowest BCUT2D eigenvalue weighted by molar-refractivity contribution is -0.123. The van der Waals surface area contributed by atoms with Crippen molar-refractivity contribution in [3.8, 4) is 5.75 Å². The Balaban J connectivity index is 1.70. The van der Waals surface area contributed by atoms with Crippen LogP contribution < -0.4 is 10.2 Å². The largest absolute Gasteiger partial charge is 0.494 e. The SMILES string of the molecule is CN(CCCOc1ccccc1)C(=O)C1=NNC(=O)CC1. The van der Waals surface area contributed by atoms with Crippen LogP contribution in [0.5, 0.6) is 5.75 Å². The van der Waals surface area contributed by atoms with Crippen LogP contribution in [-0.2, 0) is 9.59 Å². The average Bonchev–Trinajstić information content (AvgIpc) is 2.52. The third-order valence-electron chi connectivity index (χ3n) is 3.15. The van der Waals surface area contributed by atoms with Gasteiger partial charge in [-0.15, -0.1) is 0 Å². The van der Waals surface area contributed by atoms with Crippen molar-refractivity contribution < 1.29 is 14.3 Å². The van der Waals surface area contributed by atoms with Crippen LogP contribution in [-0.4, -0.2) is 42.6 Å². The molecule has 1 aliphatic rings. The number of hydrogen-bond acceptors (Lipinski definition) is 4. The van der Waals surface area contributed by atoms with E-state index in [1.54, 1.807) is 11.9 Å². The maximum absolute atomic E-state index is 12.1. The van der Waals surface area contributed by atoms with Crippen LogP contribution in [0.4, 0.5) is 0 Å². The number of carbonyl (C=O) groups is 2. The monoisotopic (exact) mass is 289 g/mol. The quantitative estimate of drug-likeness (QED) is 0.799.